The van der Waals surface area contributed by atoms with Gasteiger partial charge in [0, 0.05) is 18.4 Å². The van der Waals surface area contributed by atoms with Crippen molar-refractivity contribution in [3.8, 4) is 0 Å². The first-order valence-corrected chi connectivity index (χ1v) is 5.50. The summed E-state index contributed by atoms with van der Waals surface area (Å²) in [6.07, 6.45) is 3.19. The van der Waals surface area contributed by atoms with Crippen molar-refractivity contribution in [2.24, 2.45) is 11.8 Å². The second kappa shape index (κ2) is 4.41. The van der Waals surface area contributed by atoms with Crippen LogP contribution in [-0.4, -0.2) is 31.7 Å². The summed E-state index contributed by atoms with van der Waals surface area (Å²) in [7, 11) is 0. The average molecular weight is 198 g/mol. The van der Waals surface area contributed by atoms with Crippen LogP contribution in [0.5, 0.6) is 0 Å². The molecule has 80 valence electrons. The van der Waals surface area contributed by atoms with Crippen LogP contribution in [0.4, 0.5) is 0 Å². The maximum atomic E-state index is 12.0. The van der Waals surface area contributed by atoms with E-state index in [2.05, 4.69) is 0 Å². The van der Waals surface area contributed by atoms with Gasteiger partial charge in [-0.05, 0) is 26.2 Å². The molecular formula is C11H18O3. The van der Waals surface area contributed by atoms with Crippen LogP contribution >= 0.6 is 0 Å². The molecule has 0 aromatic rings. The highest BCUT2D eigenvalue weighted by molar-refractivity contribution is 5.84. The summed E-state index contributed by atoms with van der Waals surface area (Å²) in [5, 5.41) is 0. The van der Waals surface area contributed by atoms with Gasteiger partial charge >= 0.3 is 0 Å². The van der Waals surface area contributed by atoms with Gasteiger partial charge in [-0.3, -0.25) is 4.79 Å². The molecule has 0 aromatic heterocycles. The third kappa shape index (κ3) is 2.15. The van der Waals surface area contributed by atoms with Crippen LogP contribution in [0.15, 0.2) is 0 Å². The molecule has 14 heavy (non-hydrogen) atoms. The standard InChI is InChI=1S/C11H18O3/c1-8-5-10(7-14-8)11(12)9-3-2-4-13-6-9/h8-10H,2-7H2,1H3. The second-order valence-electron chi connectivity index (χ2n) is 4.39. The van der Waals surface area contributed by atoms with Crippen molar-refractivity contribution in [2.45, 2.75) is 32.3 Å². The predicted octanol–water partition coefficient (Wildman–Crippen LogP) is 1.41. The SMILES string of the molecule is CC1CC(C(=O)C2CCCOC2)CO1. The van der Waals surface area contributed by atoms with Crippen LogP contribution < -0.4 is 0 Å². The molecule has 3 atom stereocenters. The number of Topliss-reactive ketones (excluding diaryl/α,β-unsaturated/α-hetero) is 1. The lowest BCUT2D eigenvalue weighted by atomic mass is 9.88. The molecule has 2 aliphatic heterocycles. The highest BCUT2D eigenvalue weighted by Gasteiger charge is 2.33. The van der Waals surface area contributed by atoms with Gasteiger partial charge in [0.05, 0.1) is 19.3 Å². The first-order chi connectivity index (χ1) is 6.77. The smallest absolute Gasteiger partial charge is 0.143 e. The first-order valence-electron chi connectivity index (χ1n) is 5.50. The maximum absolute atomic E-state index is 12.0. The number of rotatable bonds is 2. The summed E-state index contributed by atoms with van der Waals surface area (Å²) in [5.74, 6) is 0.647. The van der Waals surface area contributed by atoms with Crippen molar-refractivity contribution in [2.75, 3.05) is 19.8 Å². The van der Waals surface area contributed by atoms with E-state index in [0.717, 1.165) is 25.9 Å². The van der Waals surface area contributed by atoms with E-state index < -0.39 is 0 Å². The van der Waals surface area contributed by atoms with Crippen molar-refractivity contribution in [3.05, 3.63) is 0 Å². The van der Waals surface area contributed by atoms with E-state index in [9.17, 15) is 4.79 Å². The van der Waals surface area contributed by atoms with Gasteiger partial charge in [-0.1, -0.05) is 0 Å². The maximum Gasteiger partial charge on any atom is 0.143 e. The number of carbonyl (C=O) groups excluding carboxylic acids is 1. The first kappa shape index (κ1) is 10.1. The third-order valence-electron chi connectivity index (χ3n) is 3.16. The van der Waals surface area contributed by atoms with E-state index in [-0.39, 0.29) is 17.9 Å². The van der Waals surface area contributed by atoms with Gasteiger partial charge in [0.15, 0.2) is 0 Å². The minimum Gasteiger partial charge on any atom is -0.381 e. The molecule has 2 fully saturated rings. The van der Waals surface area contributed by atoms with Gasteiger partial charge < -0.3 is 9.47 Å². The summed E-state index contributed by atoms with van der Waals surface area (Å²) in [4.78, 5) is 12.0. The highest BCUT2D eigenvalue weighted by atomic mass is 16.5. The molecule has 3 unspecified atom stereocenters. The Morgan fingerprint density at radius 2 is 2.14 bits per heavy atom. The Kier molecular flexibility index (Phi) is 3.19. The van der Waals surface area contributed by atoms with E-state index in [1.54, 1.807) is 0 Å². The number of carbonyl (C=O) groups is 1. The van der Waals surface area contributed by atoms with Crippen molar-refractivity contribution in [1.29, 1.82) is 0 Å². The van der Waals surface area contributed by atoms with Crippen molar-refractivity contribution in [3.63, 3.8) is 0 Å². The number of ketones is 1. The Bertz CT molecular complexity index is 202. The molecule has 2 heterocycles. The van der Waals surface area contributed by atoms with E-state index in [1.807, 2.05) is 6.92 Å². The molecular weight excluding hydrogens is 180 g/mol. The number of hydrogen-bond donors (Lipinski definition) is 0. The molecule has 0 radical (unpaired) electrons. The van der Waals surface area contributed by atoms with Gasteiger partial charge in [0.25, 0.3) is 0 Å². The van der Waals surface area contributed by atoms with Gasteiger partial charge in [-0.2, -0.15) is 0 Å². The molecule has 2 rings (SSSR count). The minimum atomic E-state index is 0.136. The highest BCUT2D eigenvalue weighted by Crippen LogP contribution is 2.26. The summed E-state index contributed by atoms with van der Waals surface area (Å²) >= 11 is 0. The Morgan fingerprint density at radius 1 is 1.29 bits per heavy atom. The van der Waals surface area contributed by atoms with Crippen LogP contribution in [0.1, 0.15) is 26.2 Å². The van der Waals surface area contributed by atoms with Crippen LogP contribution in [-0.2, 0) is 14.3 Å². The lowest BCUT2D eigenvalue weighted by Gasteiger charge is -2.22. The molecule has 0 spiro atoms. The zero-order chi connectivity index (χ0) is 9.97. The van der Waals surface area contributed by atoms with Crippen LogP contribution in [0.3, 0.4) is 0 Å². The average Bonchev–Trinajstić information content (AvgIpc) is 2.65. The molecule has 3 heteroatoms. The summed E-state index contributed by atoms with van der Waals surface area (Å²) in [6.45, 7) is 4.10. The van der Waals surface area contributed by atoms with Gasteiger partial charge in [-0.15, -0.1) is 0 Å². The van der Waals surface area contributed by atoms with Gasteiger partial charge in [-0.25, -0.2) is 0 Å². The van der Waals surface area contributed by atoms with E-state index in [0.29, 0.717) is 19.0 Å². The molecule has 0 amide bonds. The molecule has 0 bridgehead atoms. The quantitative estimate of drug-likeness (QED) is 0.673. The van der Waals surface area contributed by atoms with Crippen molar-refractivity contribution in [1.82, 2.24) is 0 Å². The van der Waals surface area contributed by atoms with E-state index in [1.165, 1.54) is 0 Å². The zero-order valence-electron chi connectivity index (χ0n) is 8.70. The molecule has 2 saturated heterocycles. The third-order valence-corrected chi connectivity index (χ3v) is 3.16. The Labute approximate surface area is 84.8 Å². The van der Waals surface area contributed by atoms with Crippen molar-refractivity contribution >= 4 is 5.78 Å². The van der Waals surface area contributed by atoms with Gasteiger partial charge in [0.2, 0.25) is 0 Å². The largest absolute Gasteiger partial charge is 0.381 e. The predicted molar refractivity (Wildman–Crippen MR) is 52.1 cm³/mol. The number of ether oxygens (including phenoxy) is 2. The molecule has 2 aliphatic rings. The Hall–Kier alpha value is -0.410. The summed E-state index contributed by atoms with van der Waals surface area (Å²) in [6, 6.07) is 0. The van der Waals surface area contributed by atoms with Crippen LogP contribution in [0, 0.1) is 11.8 Å². The summed E-state index contributed by atoms with van der Waals surface area (Å²) in [5.41, 5.74) is 0. The second-order valence-corrected chi connectivity index (χ2v) is 4.39. The fourth-order valence-corrected chi connectivity index (χ4v) is 2.31. The lowest BCUT2D eigenvalue weighted by molar-refractivity contribution is -0.130. The molecule has 0 saturated carbocycles. The zero-order valence-corrected chi connectivity index (χ0v) is 8.70. The van der Waals surface area contributed by atoms with Gasteiger partial charge in [0.1, 0.15) is 5.78 Å². The Morgan fingerprint density at radius 3 is 2.71 bits per heavy atom. The monoisotopic (exact) mass is 198 g/mol. The van der Waals surface area contributed by atoms with Crippen LogP contribution in [0.25, 0.3) is 0 Å². The fourth-order valence-electron chi connectivity index (χ4n) is 2.31. The van der Waals surface area contributed by atoms with Crippen molar-refractivity contribution < 1.29 is 14.3 Å². The number of hydrogen-bond acceptors (Lipinski definition) is 3. The topological polar surface area (TPSA) is 35.5 Å². The lowest BCUT2D eigenvalue weighted by Crippen LogP contribution is -2.30. The normalized spacial score (nSPS) is 38.5. The molecule has 0 aromatic carbocycles. The summed E-state index contributed by atoms with van der Waals surface area (Å²) < 4.78 is 10.7. The van der Waals surface area contributed by atoms with E-state index in [4.69, 9.17) is 9.47 Å². The molecule has 3 nitrogen and oxygen atoms in total. The Balaban J connectivity index is 1.87. The minimum absolute atomic E-state index is 0.136. The van der Waals surface area contributed by atoms with E-state index >= 15 is 0 Å². The van der Waals surface area contributed by atoms with Crippen LogP contribution in [0.2, 0.25) is 0 Å². The molecule has 0 aliphatic carbocycles. The fraction of sp³-hybridized carbons (Fsp3) is 0.909. The molecule has 0 N–H and O–H groups in total.